The van der Waals surface area contributed by atoms with Crippen LogP contribution in [0, 0.1) is 6.92 Å². The van der Waals surface area contributed by atoms with Gasteiger partial charge in [-0.1, -0.05) is 32.9 Å². The average Bonchev–Trinajstić information content (AvgIpc) is 2.02. The van der Waals surface area contributed by atoms with Crippen molar-refractivity contribution in [3.05, 3.63) is 36.8 Å². The van der Waals surface area contributed by atoms with Crippen molar-refractivity contribution >= 4 is 11.6 Å². The summed E-state index contributed by atoms with van der Waals surface area (Å²) in [5, 5.41) is 2.63. The Balaban J connectivity index is 2.84. The number of benzene rings is 1. The van der Waals surface area contributed by atoms with Gasteiger partial charge in [0, 0.05) is 12.6 Å². The van der Waals surface area contributed by atoms with Crippen molar-refractivity contribution in [3.8, 4) is 0 Å². The lowest BCUT2D eigenvalue weighted by Crippen LogP contribution is -2.11. The number of anilines is 1. The first-order valence-corrected chi connectivity index (χ1v) is 4.63. The number of nitrogens with one attached hydrogen (secondary N) is 1. The first-order chi connectivity index (χ1) is 6.39. The highest BCUT2D eigenvalue weighted by Crippen LogP contribution is 2.23. The number of hydrogen-bond acceptors (Lipinski definition) is 1. The lowest BCUT2D eigenvalue weighted by Gasteiger charge is -2.19. The Morgan fingerprint density at radius 2 is 1.71 bits per heavy atom. The normalized spacial score (nSPS) is 11.1. The Labute approximate surface area is 85.3 Å². The Kier molecular flexibility index (Phi) is 2.94. The molecule has 75 valence electrons. The molecule has 1 rings (SSSR count). The molecule has 2 nitrogen and oxygen atoms in total. The highest BCUT2D eigenvalue weighted by atomic mass is 16.1. The fraction of sp³-hybridized carbons (Fsp3) is 0.333. The molecule has 0 aliphatic carbocycles. The molecule has 0 heterocycles. The van der Waals surface area contributed by atoms with Crippen molar-refractivity contribution < 1.29 is 4.79 Å². The SMILES string of the molecule is [CH2]C(=O)Nc1ccc(C(C)(C)C)cc1. The van der Waals surface area contributed by atoms with Crippen molar-refractivity contribution in [2.24, 2.45) is 0 Å². The van der Waals surface area contributed by atoms with Gasteiger partial charge >= 0.3 is 0 Å². The molecule has 14 heavy (non-hydrogen) atoms. The van der Waals surface area contributed by atoms with E-state index in [1.165, 1.54) is 5.56 Å². The van der Waals surface area contributed by atoms with E-state index < -0.39 is 0 Å². The molecular formula is C12H16NO. The molecule has 0 fully saturated rings. The van der Waals surface area contributed by atoms with Crippen LogP contribution in [0.2, 0.25) is 0 Å². The molecule has 1 N–H and O–H groups in total. The maximum absolute atomic E-state index is 10.7. The van der Waals surface area contributed by atoms with E-state index in [0.717, 1.165) is 5.69 Å². The van der Waals surface area contributed by atoms with E-state index in [1.54, 1.807) is 0 Å². The first kappa shape index (κ1) is 10.8. The third kappa shape index (κ3) is 2.87. The van der Waals surface area contributed by atoms with Crippen LogP contribution in [0.4, 0.5) is 5.69 Å². The number of hydrogen-bond donors (Lipinski definition) is 1. The fourth-order valence-corrected chi connectivity index (χ4v) is 1.21. The predicted molar refractivity (Wildman–Crippen MR) is 59.1 cm³/mol. The van der Waals surface area contributed by atoms with Crippen LogP contribution in [-0.2, 0) is 10.2 Å². The second-order valence-corrected chi connectivity index (χ2v) is 4.38. The zero-order valence-corrected chi connectivity index (χ0v) is 8.92. The molecular weight excluding hydrogens is 174 g/mol. The van der Waals surface area contributed by atoms with Crippen molar-refractivity contribution in [1.82, 2.24) is 0 Å². The molecule has 0 bridgehead atoms. The van der Waals surface area contributed by atoms with Crippen LogP contribution in [0.5, 0.6) is 0 Å². The summed E-state index contributed by atoms with van der Waals surface area (Å²) in [6.07, 6.45) is 0. The van der Waals surface area contributed by atoms with Gasteiger partial charge in [0.15, 0.2) is 0 Å². The number of carbonyl (C=O) groups excluding carboxylic acids is 1. The molecule has 1 radical (unpaired) electrons. The minimum Gasteiger partial charge on any atom is -0.326 e. The molecule has 0 aliphatic heterocycles. The lowest BCUT2D eigenvalue weighted by molar-refractivity contribution is -0.112. The van der Waals surface area contributed by atoms with Gasteiger partial charge in [-0.25, -0.2) is 0 Å². The molecule has 0 saturated heterocycles. The third-order valence-corrected chi connectivity index (χ3v) is 2.03. The minimum atomic E-state index is -0.284. The van der Waals surface area contributed by atoms with Gasteiger partial charge in [-0.15, -0.1) is 0 Å². The van der Waals surface area contributed by atoms with Crippen molar-refractivity contribution in [1.29, 1.82) is 0 Å². The summed E-state index contributed by atoms with van der Waals surface area (Å²) >= 11 is 0. The van der Waals surface area contributed by atoms with Crippen LogP contribution in [-0.4, -0.2) is 5.91 Å². The molecule has 1 aromatic carbocycles. The van der Waals surface area contributed by atoms with Gasteiger partial charge in [0.25, 0.3) is 0 Å². The van der Waals surface area contributed by atoms with Gasteiger partial charge in [0.2, 0.25) is 5.91 Å². The summed E-state index contributed by atoms with van der Waals surface area (Å²) in [4.78, 5) is 10.7. The number of rotatable bonds is 1. The smallest absolute Gasteiger partial charge is 0.224 e. The average molecular weight is 190 g/mol. The summed E-state index contributed by atoms with van der Waals surface area (Å²) in [7, 11) is 0. The number of amides is 1. The van der Waals surface area contributed by atoms with Gasteiger partial charge in [-0.2, -0.15) is 0 Å². The monoisotopic (exact) mass is 190 g/mol. The van der Waals surface area contributed by atoms with Crippen molar-refractivity contribution in [2.45, 2.75) is 26.2 Å². The van der Waals surface area contributed by atoms with Crippen LogP contribution >= 0.6 is 0 Å². The molecule has 0 atom stereocenters. The fourth-order valence-electron chi connectivity index (χ4n) is 1.21. The van der Waals surface area contributed by atoms with E-state index in [4.69, 9.17) is 0 Å². The zero-order valence-electron chi connectivity index (χ0n) is 8.92. The Morgan fingerprint density at radius 3 is 2.07 bits per heavy atom. The van der Waals surface area contributed by atoms with E-state index >= 15 is 0 Å². The largest absolute Gasteiger partial charge is 0.326 e. The van der Waals surface area contributed by atoms with E-state index in [2.05, 4.69) is 33.0 Å². The van der Waals surface area contributed by atoms with Gasteiger partial charge in [0.05, 0.1) is 0 Å². The van der Waals surface area contributed by atoms with Gasteiger partial charge in [-0.3, -0.25) is 4.79 Å². The zero-order chi connectivity index (χ0) is 10.8. The maximum atomic E-state index is 10.7. The minimum absolute atomic E-state index is 0.146. The topological polar surface area (TPSA) is 29.1 Å². The highest BCUT2D eigenvalue weighted by molar-refractivity contribution is 5.93. The molecule has 0 spiro atoms. The quantitative estimate of drug-likeness (QED) is 0.724. The van der Waals surface area contributed by atoms with Gasteiger partial charge in [-0.05, 0) is 23.1 Å². The van der Waals surface area contributed by atoms with Crippen LogP contribution in [0.15, 0.2) is 24.3 Å². The third-order valence-electron chi connectivity index (χ3n) is 2.03. The second kappa shape index (κ2) is 3.82. The van der Waals surface area contributed by atoms with Crippen LogP contribution < -0.4 is 5.32 Å². The van der Waals surface area contributed by atoms with Crippen molar-refractivity contribution in [3.63, 3.8) is 0 Å². The Morgan fingerprint density at radius 1 is 1.21 bits per heavy atom. The standard InChI is InChI=1S/C12H16NO/c1-9(14)13-11-7-5-10(6-8-11)12(2,3)4/h5-8H,1H2,2-4H3,(H,13,14). The Bertz CT molecular complexity index is 319. The first-order valence-electron chi connectivity index (χ1n) is 4.63. The summed E-state index contributed by atoms with van der Waals surface area (Å²) in [6, 6.07) is 7.82. The molecule has 0 unspecified atom stereocenters. The second-order valence-electron chi connectivity index (χ2n) is 4.38. The molecule has 0 saturated carbocycles. The van der Waals surface area contributed by atoms with Crippen LogP contribution in [0.25, 0.3) is 0 Å². The van der Waals surface area contributed by atoms with Gasteiger partial charge in [0.1, 0.15) is 0 Å². The summed E-state index contributed by atoms with van der Waals surface area (Å²) in [5.41, 5.74) is 2.19. The predicted octanol–water partition coefficient (Wildman–Crippen LogP) is 2.76. The summed E-state index contributed by atoms with van der Waals surface area (Å²) in [6.45, 7) is 9.72. The molecule has 1 amide bonds. The molecule has 1 aromatic rings. The van der Waals surface area contributed by atoms with E-state index in [-0.39, 0.29) is 11.3 Å². The highest BCUT2D eigenvalue weighted by Gasteiger charge is 2.12. The van der Waals surface area contributed by atoms with Crippen LogP contribution in [0.3, 0.4) is 0 Å². The summed E-state index contributed by atoms with van der Waals surface area (Å²) in [5.74, 6) is -0.284. The van der Waals surface area contributed by atoms with Crippen molar-refractivity contribution in [2.75, 3.05) is 5.32 Å². The molecule has 0 aliphatic rings. The van der Waals surface area contributed by atoms with E-state index in [1.807, 2.05) is 24.3 Å². The number of carbonyl (C=O) groups is 1. The molecule has 2 heteroatoms. The Hall–Kier alpha value is -1.31. The molecule has 0 aromatic heterocycles. The maximum Gasteiger partial charge on any atom is 0.224 e. The van der Waals surface area contributed by atoms with E-state index in [9.17, 15) is 4.79 Å². The van der Waals surface area contributed by atoms with E-state index in [0.29, 0.717) is 0 Å². The summed E-state index contributed by atoms with van der Waals surface area (Å²) < 4.78 is 0. The van der Waals surface area contributed by atoms with Crippen LogP contribution in [0.1, 0.15) is 26.3 Å². The lowest BCUT2D eigenvalue weighted by atomic mass is 9.87. The van der Waals surface area contributed by atoms with Gasteiger partial charge < -0.3 is 5.32 Å².